The molecule has 0 radical (unpaired) electrons. The van der Waals surface area contributed by atoms with Gasteiger partial charge in [-0.05, 0) is 44.9 Å². The molecule has 2 heterocycles. The predicted octanol–water partition coefficient (Wildman–Crippen LogP) is 2.99. The molecule has 0 atom stereocenters. The molecule has 3 rings (SSSR count). The van der Waals surface area contributed by atoms with Gasteiger partial charge in [0.25, 0.3) is 0 Å². The van der Waals surface area contributed by atoms with Gasteiger partial charge in [-0.3, -0.25) is 14.9 Å². The molecule has 9 heteroatoms. The molecule has 9 nitrogen and oxygen atoms in total. The molecule has 1 saturated heterocycles. The largest absolute Gasteiger partial charge is 0.481 e. The van der Waals surface area contributed by atoms with E-state index < -0.39 is 16.8 Å². The molecule has 0 bridgehead atoms. The summed E-state index contributed by atoms with van der Waals surface area (Å²) in [7, 11) is 0. The van der Waals surface area contributed by atoms with Crippen LogP contribution in [-0.4, -0.2) is 45.6 Å². The molecule has 1 aliphatic carbocycles. The smallest absolute Gasteiger partial charge is 0.353 e. The Kier molecular flexibility index (Phi) is 6.20. The number of hydrogen-bond donors (Lipinski definition) is 2. The minimum Gasteiger partial charge on any atom is -0.481 e. The maximum atomic E-state index is 11.7. The van der Waals surface area contributed by atoms with Gasteiger partial charge in [0.1, 0.15) is 6.33 Å². The second-order valence-corrected chi connectivity index (χ2v) is 7.04. The first-order valence-electron chi connectivity index (χ1n) is 9.45. The van der Waals surface area contributed by atoms with E-state index in [0.29, 0.717) is 32.5 Å². The van der Waals surface area contributed by atoms with Gasteiger partial charge in [0.2, 0.25) is 11.6 Å². The standard InChI is InChI=1S/C18H25N5O4/c24-18(25)14-7-10-22(11-8-14)17-15(23(26)27)16(20-12-21-17)19-9-6-13-4-2-1-3-5-13/h4,12,14H,1-3,5-11H2,(H,24,25)(H,19,20,21). The molecule has 2 aliphatic rings. The zero-order chi connectivity index (χ0) is 19.2. The van der Waals surface area contributed by atoms with E-state index in [1.165, 1.54) is 24.7 Å². The van der Waals surface area contributed by atoms with Crippen molar-refractivity contribution < 1.29 is 14.8 Å². The van der Waals surface area contributed by atoms with Crippen molar-refractivity contribution in [1.29, 1.82) is 0 Å². The third-order valence-electron chi connectivity index (χ3n) is 5.25. The van der Waals surface area contributed by atoms with E-state index >= 15 is 0 Å². The normalized spacial score (nSPS) is 18.1. The molecule has 27 heavy (non-hydrogen) atoms. The number of aliphatic carboxylic acids is 1. The lowest BCUT2D eigenvalue weighted by atomic mass is 9.97. The number of carboxylic acid groups (broad SMARTS) is 1. The van der Waals surface area contributed by atoms with E-state index in [-0.39, 0.29) is 17.3 Å². The van der Waals surface area contributed by atoms with Crippen molar-refractivity contribution in [3.63, 3.8) is 0 Å². The number of piperidine rings is 1. The Bertz CT molecular complexity index is 728. The van der Waals surface area contributed by atoms with E-state index in [2.05, 4.69) is 21.4 Å². The number of aromatic nitrogens is 2. The molecule has 146 valence electrons. The third-order valence-corrected chi connectivity index (χ3v) is 5.25. The van der Waals surface area contributed by atoms with E-state index in [1.54, 1.807) is 4.90 Å². The summed E-state index contributed by atoms with van der Waals surface area (Å²) in [6, 6.07) is 0. The molecule has 2 N–H and O–H groups in total. The van der Waals surface area contributed by atoms with Gasteiger partial charge >= 0.3 is 11.7 Å². The average molecular weight is 375 g/mol. The highest BCUT2D eigenvalue weighted by Crippen LogP contribution is 2.34. The number of allylic oxidation sites excluding steroid dienone is 1. The second kappa shape index (κ2) is 8.79. The Hall–Kier alpha value is -2.71. The molecule has 1 aliphatic heterocycles. The number of carbonyl (C=O) groups is 1. The van der Waals surface area contributed by atoms with E-state index in [1.807, 2.05) is 0 Å². The summed E-state index contributed by atoms with van der Waals surface area (Å²) >= 11 is 0. The molecule has 0 amide bonds. The van der Waals surface area contributed by atoms with Gasteiger partial charge < -0.3 is 15.3 Å². The van der Waals surface area contributed by atoms with Crippen molar-refractivity contribution in [3.8, 4) is 0 Å². The van der Waals surface area contributed by atoms with E-state index in [4.69, 9.17) is 5.11 Å². The van der Waals surface area contributed by atoms with Crippen LogP contribution in [0.3, 0.4) is 0 Å². The van der Waals surface area contributed by atoms with E-state index in [0.717, 1.165) is 19.3 Å². The van der Waals surface area contributed by atoms with Gasteiger partial charge in [-0.2, -0.15) is 0 Å². The summed E-state index contributed by atoms with van der Waals surface area (Å²) in [4.78, 5) is 32.3. The lowest BCUT2D eigenvalue weighted by molar-refractivity contribution is -0.383. The molecule has 1 aromatic heterocycles. The topological polar surface area (TPSA) is 121 Å². The molecule has 1 aromatic rings. The van der Waals surface area contributed by atoms with Crippen LogP contribution in [0.5, 0.6) is 0 Å². The quantitative estimate of drug-likeness (QED) is 0.424. The maximum absolute atomic E-state index is 11.7. The highest BCUT2D eigenvalue weighted by Gasteiger charge is 2.31. The Morgan fingerprint density at radius 1 is 1.33 bits per heavy atom. The zero-order valence-corrected chi connectivity index (χ0v) is 15.3. The van der Waals surface area contributed by atoms with Crippen LogP contribution in [0.1, 0.15) is 44.9 Å². The first kappa shape index (κ1) is 19.1. The molecule has 0 spiro atoms. The van der Waals surface area contributed by atoms with Gasteiger partial charge in [-0.15, -0.1) is 0 Å². The summed E-state index contributed by atoms with van der Waals surface area (Å²) < 4.78 is 0. The van der Waals surface area contributed by atoms with Crippen molar-refractivity contribution in [2.45, 2.75) is 44.9 Å². The number of rotatable bonds is 7. The fourth-order valence-electron chi connectivity index (χ4n) is 3.71. The second-order valence-electron chi connectivity index (χ2n) is 7.04. The average Bonchev–Trinajstić information content (AvgIpc) is 2.68. The van der Waals surface area contributed by atoms with Crippen molar-refractivity contribution in [2.24, 2.45) is 5.92 Å². The summed E-state index contributed by atoms with van der Waals surface area (Å²) in [5.74, 6) is -0.727. The van der Waals surface area contributed by atoms with Gasteiger partial charge in [-0.25, -0.2) is 9.97 Å². The van der Waals surface area contributed by atoms with E-state index in [9.17, 15) is 14.9 Å². The monoisotopic (exact) mass is 375 g/mol. The molecular weight excluding hydrogens is 350 g/mol. The first-order chi connectivity index (χ1) is 13.1. The summed E-state index contributed by atoms with van der Waals surface area (Å²) in [5.41, 5.74) is 1.25. The van der Waals surface area contributed by atoms with Gasteiger partial charge in [0, 0.05) is 19.6 Å². The third kappa shape index (κ3) is 4.72. The van der Waals surface area contributed by atoms with Crippen molar-refractivity contribution in [2.75, 3.05) is 29.9 Å². The fourth-order valence-corrected chi connectivity index (χ4v) is 3.71. The van der Waals surface area contributed by atoms with Gasteiger partial charge in [-0.1, -0.05) is 11.6 Å². The van der Waals surface area contributed by atoms with Gasteiger partial charge in [0.15, 0.2) is 0 Å². The lowest BCUT2D eigenvalue weighted by Gasteiger charge is -2.30. The highest BCUT2D eigenvalue weighted by atomic mass is 16.6. The number of carboxylic acids is 1. The van der Waals surface area contributed by atoms with Gasteiger partial charge in [0.05, 0.1) is 10.8 Å². The summed E-state index contributed by atoms with van der Waals surface area (Å²) in [6.45, 7) is 1.45. The van der Waals surface area contributed by atoms with Crippen LogP contribution >= 0.6 is 0 Å². The Morgan fingerprint density at radius 2 is 2.11 bits per heavy atom. The Labute approximate surface area is 157 Å². The number of nitrogens with zero attached hydrogens (tertiary/aromatic N) is 4. The molecule has 1 fully saturated rings. The number of nitrogens with one attached hydrogen (secondary N) is 1. The van der Waals surface area contributed by atoms with Crippen molar-refractivity contribution >= 4 is 23.3 Å². The van der Waals surface area contributed by atoms with Crippen LogP contribution in [0.15, 0.2) is 18.0 Å². The molecular formula is C18H25N5O4. The molecule has 0 aromatic carbocycles. The Balaban J connectivity index is 1.70. The summed E-state index contributed by atoms with van der Waals surface area (Å²) in [5, 5.41) is 23.9. The predicted molar refractivity (Wildman–Crippen MR) is 101 cm³/mol. The van der Waals surface area contributed by atoms with Crippen LogP contribution < -0.4 is 10.2 Å². The lowest BCUT2D eigenvalue weighted by Crippen LogP contribution is -2.37. The SMILES string of the molecule is O=C(O)C1CCN(c2ncnc(NCCC3=CCCCC3)c2[N+](=O)[O-])CC1. The van der Waals surface area contributed by atoms with Crippen LogP contribution in [0.25, 0.3) is 0 Å². The van der Waals surface area contributed by atoms with Crippen LogP contribution in [-0.2, 0) is 4.79 Å². The van der Waals surface area contributed by atoms with Crippen molar-refractivity contribution in [1.82, 2.24) is 9.97 Å². The zero-order valence-electron chi connectivity index (χ0n) is 15.3. The van der Waals surface area contributed by atoms with Crippen molar-refractivity contribution in [3.05, 3.63) is 28.1 Å². The highest BCUT2D eigenvalue weighted by molar-refractivity contribution is 5.72. The molecule has 0 saturated carbocycles. The number of hydrogen-bond acceptors (Lipinski definition) is 7. The van der Waals surface area contributed by atoms with Crippen LogP contribution in [0.4, 0.5) is 17.3 Å². The minimum absolute atomic E-state index is 0.135. The van der Waals surface area contributed by atoms with Crippen LogP contribution in [0, 0.1) is 16.0 Å². The summed E-state index contributed by atoms with van der Waals surface area (Å²) in [6.07, 6.45) is 9.98. The maximum Gasteiger partial charge on any atom is 0.353 e. The fraction of sp³-hybridized carbons (Fsp3) is 0.611. The number of nitro groups is 1. The van der Waals surface area contributed by atoms with Crippen LogP contribution in [0.2, 0.25) is 0 Å². The Morgan fingerprint density at radius 3 is 2.74 bits per heavy atom. The minimum atomic E-state index is -0.814. The molecule has 0 unspecified atom stereocenters. The number of anilines is 2. The first-order valence-corrected chi connectivity index (χ1v) is 9.45.